The second-order valence-electron chi connectivity index (χ2n) is 3.86. The van der Waals surface area contributed by atoms with E-state index in [0.717, 1.165) is 12.1 Å². The van der Waals surface area contributed by atoms with Crippen LogP contribution >= 0.6 is 15.9 Å². The zero-order valence-electron chi connectivity index (χ0n) is 10.2. The van der Waals surface area contributed by atoms with Gasteiger partial charge in [-0.15, -0.1) is 0 Å². The highest BCUT2D eigenvalue weighted by Gasteiger charge is 2.19. The number of nitrogens with zero attached hydrogens (tertiary/aromatic N) is 1. The molecule has 10 heteroatoms. The van der Waals surface area contributed by atoms with Gasteiger partial charge in [-0.25, -0.2) is 18.3 Å². The van der Waals surface area contributed by atoms with E-state index in [9.17, 15) is 18.0 Å². The van der Waals surface area contributed by atoms with E-state index in [0.29, 0.717) is 0 Å². The van der Waals surface area contributed by atoms with Crippen molar-refractivity contribution in [2.75, 3.05) is 4.72 Å². The zero-order valence-corrected chi connectivity index (χ0v) is 12.6. The molecular formula is C11H8BrN3O5S. The Morgan fingerprint density at radius 3 is 2.52 bits per heavy atom. The lowest BCUT2D eigenvalue weighted by Crippen LogP contribution is -2.17. The van der Waals surface area contributed by atoms with E-state index >= 15 is 0 Å². The van der Waals surface area contributed by atoms with E-state index in [1.165, 1.54) is 18.2 Å². The molecule has 0 aliphatic carbocycles. The molecule has 0 unspecified atom stereocenters. The van der Waals surface area contributed by atoms with Gasteiger partial charge in [0.2, 0.25) is 0 Å². The van der Waals surface area contributed by atoms with Crippen LogP contribution in [0.4, 0.5) is 5.82 Å². The number of hydrogen-bond acceptors (Lipinski definition) is 5. The molecule has 8 nitrogen and oxygen atoms in total. The third kappa shape index (κ3) is 3.47. The number of nitrogens with one attached hydrogen (secondary N) is 2. The number of H-pyrrole nitrogens is 1. The molecule has 2 rings (SSSR count). The molecule has 3 N–H and O–H groups in total. The quantitative estimate of drug-likeness (QED) is 0.733. The van der Waals surface area contributed by atoms with E-state index < -0.39 is 21.6 Å². The van der Waals surface area contributed by atoms with Gasteiger partial charge in [-0.1, -0.05) is 0 Å². The van der Waals surface area contributed by atoms with E-state index in [1.807, 2.05) is 0 Å². The molecule has 0 radical (unpaired) electrons. The molecule has 1 aromatic carbocycles. The molecule has 0 aliphatic rings. The Kier molecular flexibility index (Phi) is 4.09. The fourth-order valence-electron chi connectivity index (χ4n) is 1.45. The number of benzene rings is 1. The van der Waals surface area contributed by atoms with Crippen molar-refractivity contribution in [1.82, 2.24) is 10.2 Å². The van der Waals surface area contributed by atoms with Gasteiger partial charge >= 0.3 is 5.97 Å². The summed E-state index contributed by atoms with van der Waals surface area (Å²) in [5, 5.41) is 14.5. The van der Waals surface area contributed by atoms with Gasteiger partial charge < -0.3 is 5.11 Å². The maximum Gasteiger partial charge on any atom is 0.335 e. The van der Waals surface area contributed by atoms with Crippen LogP contribution in [-0.4, -0.2) is 29.7 Å². The summed E-state index contributed by atoms with van der Waals surface area (Å²) in [6, 6.07) is 5.82. The van der Waals surface area contributed by atoms with Gasteiger partial charge in [0, 0.05) is 10.5 Å². The van der Waals surface area contributed by atoms with Crippen molar-refractivity contribution >= 4 is 37.7 Å². The topological polar surface area (TPSA) is 129 Å². The summed E-state index contributed by atoms with van der Waals surface area (Å²) >= 11 is 3.02. The van der Waals surface area contributed by atoms with Crippen molar-refractivity contribution in [2.45, 2.75) is 4.90 Å². The Morgan fingerprint density at radius 2 is 2.00 bits per heavy atom. The number of sulfonamides is 1. The van der Waals surface area contributed by atoms with Crippen LogP contribution in [0.1, 0.15) is 10.4 Å². The predicted molar refractivity (Wildman–Crippen MR) is 76.8 cm³/mol. The average Bonchev–Trinajstić information content (AvgIpc) is 2.40. The molecule has 0 spiro atoms. The zero-order chi connectivity index (χ0) is 15.6. The summed E-state index contributed by atoms with van der Waals surface area (Å²) in [5.74, 6) is -1.24. The van der Waals surface area contributed by atoms with Crippen LogP contribution in [0.3, 0.4) is 0 Å². The van der Waals surface area contributed by atoms with E-state index in [4.69, 9.17) is 5.11 Å². The molecule has 1 heterocycles. The lowest BCUT2D eigenvalue weighted by atomic mass is 10.2. The number of aromatic nitrogens is 2. The van der Waals surface area contributed by atoms with E-state index in [2.05, 4.69) is 30.8 Å². The third-order valence-corrected chi connectivity index (χ3v) is 4.72. The fourth-order valence-corrected chi connectivity index (χ4v) is 3.53. The molecule has 0 atom stereocenters. The van der Waals surface area contributed by atoms with Crippen LogP contribution in [0.15, 0.2) is 44.5 Å². The third-order valence-electron chi connectivity index (χ3n) is 2.39. The second kappa shape index (κ2) is 5.66. The largest absolute Gasteiger partial charge is 0.478 e. The summed E-state index contributed by atoms with van der Waals surface area (Å²) in [7, 11) is -3.97. The molecule has 110 valence electrons. The van der Waals surface area contributed by atoms with Gasteiger partial charge in [-0.05, 0) is 40.2 Å². The number of hydrogen-bond donors (Lipinski definition) is 3. The molecule has 1 aromatic heterocycles. The number of halogens is 1. The maximum absolute atomic E-state index is 12.2. The van der Waals surface area contributed by atoms with Gasteiger partial charge in [0.25, 0.3) is 15.6 Å². The van der Waals surface area contributed by atoms with Crippen LogP contribution in [0.25, 0.3) is 0 Å². The fraction of sp³-hybridized carbons (Fsp3) is 0. The molecule has 0 bridgehead atoms. The minimum Gasteiger partial charge on any atom is -0.478 e. The molecule has 21 heavy (non-hydrogen) atoms. The molecule has 0 amide bonds. The number of carboxylic acid groups (broad SMARTS) is 1. The van der Waals surface area contributed by atoms with Crippen molar-refractivity contribution in [3.63, 3.8) is 0 Å². The lowest BCUT2D eigenvalue weighted by molar-refractivity contribution is 0.0696. The van der Waals surface area contributed by atoms with Gasteiger partial charge in [-0.2, -0.15) is 5.10 Å². The van der Waals surface area contributed by atoms with E-state index in [1.54, 1.807) is 0 Å². The van der Waals surface area contributed by atoms with Crippen LogP contribution in [0, 0.1) is 0 Å². The summed E-state index contributed by atoms with van der Waals surface area (Å²) in [5.41, 5.74) is -0.520. The Balaban J connectivity index is 2.37. The second-order valence-corrected chi connectivity index (χ2v) is 6.37. The highest BCUT2D eigenvalue weighted by Crippen LogP contribution is 2.24. The van der Waals surface area contributed by atoms with Gasteiger partial charge in [-0.3, -0.25) is 9.52 Å². The normalized spacial score (nSPS) is 11.1. The average molecular weight is 374 g/mol. The van der Waals surface area contributed by atoms with Gasteiger partial charge in [0.05, 0.1) is 5.56 Å². The smallest absolute Gasteiger partial charge is 0.335 e. The molecule has 0 aliphatic heterocycles. The van der Waals surface area contributed by atoms with Crippen molar-refractivity contribution in [1.29, 1.82) is 0 Å². The number of anilines is 1. The number of aromatic carboxylic acids is 1. The molecule has 0 saturated heterocycles. The summed E-state index contributed by atoms with van der Waals surface area (Å²) in [4.78, 5) is 21.5. The number of rotatable bonds is 4. The van der Waals surface area contributed by atoms with Crippen LogP contribution in [-0.2, 0) is 10.0 Å². The van der Waals surface area contributed by atoms with Crippen LogP contribution < -0.4 is 10.3 Å². The molecular weight excluding hydrogens is 366 g/mol. The first-order chi connectivity index (χ1) is 9.79. The monoisotopic (exact) mass is 373 g/mol. The minimum absolute atomic E-state index is 0.0528. The Labute approximate surface area is 127 Å². The Morgan fingerprint density at radius 1 is 1.29 bits per heavy atom. The SMILES string of the molecule is O=C(O)c1ccc(S(=O)(=O)Nc2ccc(=O)[nH]n2)c(Br)c1. The van der Waals surface area contributed by atoms with Crippen molar-refractivity contribution in [2.24, 2.45) is 0 Å². The minimum atomic E-state index is -3.97. The predicted octanol–water partition coefficient (Wildman–Crippen LogP) is 1.03. The number of carbonyl (C=O) groups is 1. The van der Waals surface area contributed by atoms with Crippen LogP contribution in [0.5, 0.6) is 0 Å². The molecule has 0 fully saturated rings. The van der Waals surface area contributed by atoms with Gasteiger partial charge in [0.15, 0.2) is 5.82 Å². The maximum atomic E-state index is 12.2. The molecule has 0 saturated carbocycles. The highest BCUT2D eigenvalue weighted by molar-refractivity contribution is 9.10. The van der Waals surface area contributed by atoms with E-state index in [-0.39, 0.29) is 20.7 Å². The van der Waals surface area contributed by atoms with Crippen LogP contribution in [0.2, 0.25) is 0 Å². The van der Waals surface area contributed by atoms with Crippen molar-refractivity contribution in [3.05, 3.63) is 50.7 Å². The van der Waals surface area contributed by atoms with Crippen molar-refractivity contribution in [3.8, 4) is 0 Å². The number of aromatic amines is 1. The van der Waals surface area contributed by atoms with Gasteiger partial charge in [0.1, 0.15) is 4.90 Å². The summed E-state index contributed by atoms with van der Waals surface area (Å²) in [6.45, 7) is 0. The summed E-state index contributed by atoms with van der Waals surface area (Å²) < 4.78 is 26.6. The number of carboxylic acids is 1. The summed E-state index contributed by atoms with van der Waals surface area (Å²) in [6.07, 6.45) is 0. The first-order valence-corrected chi connectivity index (χ1v) is 7.68. The first kappa shape index (κ1) is 15.2. The lowest BCUT2D eigenvalue weighted by Gasteiger charge is -2.09. The first-order valence-electron chi connectivity index (χ1n) is 5.41. The standard InChI is InChI=1S/C11H8BrN3O5S/c12-7-5-6(11(17)18)1-2-8(7)21(19,20)15-9-3-4-10(16)14-13-9/h1-5H,(H,13,15)(H,14,16)(H,17,18). The Hall–Kier alpha value is -2.20. The Bertz CT molecular complexity index is 842. The van der Waals surface area contributed by atoms with Crippen molar-refractivity contribution < 1.29 is 18.3 Å². The molecule has 2 aromatic rings. The highest BCUT2D eigenvalue weighted by atomic mass is 79.9.